The van der Waals surface area contributed by atoms with Gasteiger partial charge in [-0.1, -0.05) is 13.0 Å². The number of aliphatic hydroxyl groups is 1. The molecule has 2 N–H and O–H groups in total. The third-order valence-corrected chi connectivity index (χ3v) is 2.64. The van der Waals surface area contributed by atoms with E-state index in [-0.39, 0.29) is 34.6 Å². The summed E-state index contributed by atoms with van der Waals surface area (Å²) in [6.45, 7) is 1.67. The van der Waals surface area contributed by atoms with Gasteiger partial charge in [0.05, 0.1) is 5.56 Å². The molecule has 4 nitrogen and oxygen atoms in total. The van der Waals surface area contributed by atoms with Gasteiger partial charge in [-0.3, -0.25) is 9.59 Å². The maximum Gasteiger partial charge on any atom is 0.234 e. The molecule has 0 atom stereocenters. The molecule has 0 aliphatic heterocycles. The van der Waals surface area contributed by atoms with E-state index in [1.807, 2.05) is 0 Å². The SMILES string of the molecule is CCC1=C(O)c2c(O)cccc2C(=O)C1=O. The number of carbonyl (C=O) groups is 2. The first-order chi connectivity index (χ1) is 7.57. The van der Waals surface area contributed by atoms with Crippen LogP contribution in [0.1, 0.15) is 29.3 Å². The third-order valence-electron chi connectivity index (χ3n) is 2.64. The van der Waals surface area contributed by atoms with E-state index < -0.39 is 11.6 Å². The molecule has 0 bridgehead atoms. The molecule has 0 unspecified atom stereocenters. The second-order valence-corrected chi connectivity index (χ2v) is 3.54. The molecular formula is C12H10O4. The molecule has 2 rings (SSSR count). The zero-order valence-corrected chi connectivity index (χ0v) is 8.65. The van der Waals surface area contributed by atoms with Crippen LogP contribution in [0.2, 0.25) is 0 Å². The monoisotopic (exact) mass is 218 g/mol. The highest BCUT2D eigenvalue weighted by Crippen LogP contribution is 2.34. The summed E-state index contributed by atoms with van der Waals surface area (Å²) in [6.07, 6.45) is 0.254. The molecule has 0 amide bonds. The molecule has 16 heavy (non-hydrogen) atoms. The van der Waals surface area contributed by atoms with E-state index in [4.69, 9.17) is 0 Å². The molecule has 0 saturated carbocycles. The van der Waals surface area contributed by atoms with E-state index in [9.17, 15) is 19.8 Å². The first kappa shape index (κ1) is 10.4. The van der Waals surface area contributed by atoms with Gasteiger partial charge < -0.3 is 10.2 Å². The normalized spacial score (nSPS) is 15.3. The van der Waals surface area contributed by atoms with Crippen LogP contribution in [-0.2, 0) is 4.79 Å². The van der Waals surface area contributed by atoms with Crippen molar-refractivity contribution in [3.05, 3.63) is 34.9 Å². The number of aromatic hydroxyl groups is 1. The van der Waals surface area contributed by atoms with Crippen LogP contribution in [0.15, 0.2) is 23.8 Å². The highest BCUT2D eigenvalue weighted by molar-refractivity contribution is 6.52. The Kier molecular flexibility index (Phi) is 2.27. The van der Waals surface area contributed by atoms with Crippen molar-refractivity contribution in [3.63, 3.8) is 0 Å². The smallest absolute Gasteiger partial charge is 0.234 e. The topological polar surface area (TPSA) is 74.6 Å². The lowest BCUT2D eigenvalue weighted by Crippen LogP contribution is -2.23. The zero-order valence-electron chi connectivity index (χ0n) is 8.65. The minimum atomic E-state index is -0.696. The lowest BCUT2D eigenvalue weighted by molar-refractivity contribution is -0.112. The number of ketones is 2. The van der Waals surface area contributed by atoms with Gasteiger partial charge >= 0.3 is 0 Å². The van der Waals surface area contributed by atoms with Crippen molar-refractivity contribution in [2.45, 2.75) is 13.3 Å². The Bertz CT molecular complexity index is 526. The first-order valence-corrected chi connectivity index (χ1v) is 4.91. The third kappa shape index (κ3) is 1.23. The van der Waals surface area contributed by atoms with Gasteiger partial charge in [0.2, 0.25) is 11.6 Å². The van der Waals surface area contributed by atoms with Crippen LogP contribution in [0.25, 0.3) is 5.76 Å². The maximum atomic E-state index is 11.7. The highest BCUT2D eigenvalue weighted by Gasteiger charge is 2.33. The molecule has 1 aromatic rings. The largest absolute Gasteiger partial charge is 0.507 e. The summed E-state index contributed by atoms with van der Waals surface area (Å²) in [7, 11) is 0. The Morgan fingerprint density at radius 1 is 1.12 bits per heavy atom. The number of carbonyl (C=O) groups excluding carboxylic acids is 2. The van der Waals surface area contributed by atoms with Crippen molar-refractivity contribution in [2.75, 3.05) is 0 Å². The number of phenols is 1. The molecule has 0 fully saturated rings. The van der Waals surface area contributed by atoms with Crippen molar-refractivity contribution in [2.24, 2.45) is 0 Å². The Morgan fingerprint density at radius 2 is 1.81 bits per heavy atom. The van der Waals surface area contributed by atoms with E-state index in [0.717, 1.165) is 0 Å². The minimum Gasteiger partial charge on any atom is -0.507 e. The lowest BCUT2D eigenvalue weighted by Gasteiger charge is -2.17. The molecule has 0 heterocycles. The van der Waals surface area contributed by atoms with E-state index in [2.05, 4.69) is 0 Å². The average molecular weight is 218 g/mol. The Hall–Kier alpha value is -2.10. The predicted octanol–water partition coefficient (Wildman–Crippen LogP) is 1.84. The average Bonchev–Trinajstić information content (AvgIpc) is 2.26. The number of phenolic OH excluding ortho intramolecular Hbond substituents is 1. The number of hydrogen-bond acceptors (Lipinski definition) is 4. The number of allylic oxidation sites excluding steroid dienone is 1. The number of benzene rings is 1. The minimum absolute atomic E-state index is 0.0546. The van der Waals surface area contributed by atoms with Gasteiger partial charge in [-0.2, -0.15) is 0 Å². The number of aliphatic hydroxyl groups excluding tert-OH is 1. The number of fused-ring (bicyclic) bond motifs is 1. The number of Topliss-reactive ketones (excluding diaryl/α,β-unsaturated/α-hetero) is 2. The quantitative estimate of drug-likeness (QED) is 0.705. The Labute approximate surface area is 91.8 Å². The molecule has 0 saturated heterocycles. The van der Waals surface area contributed by atoms with Crippen molar-refractivity contribution >= 4 is 17.3 Å². The van der Waals surface area contributed by atoms with Crippen LogP contribution < -0.4 is 0 Å². The fourth-order valence-electron chi connectivity index (χ4n) is 1.82. The van der Waals surface area contributed by atoms with Crippen molar-refractivity contribution in [1.82, 2.24) is 0 Å². The fourth-order valence-corrected chi connectivity index (χ4v) is 1.82. The van der Waals surface area contributed by atoms with Gasteiger partial charge in [0.1, 0.15) is 11.5 Å². The second kappa shape index (κ2) is 3.48. The summed E-state index contributed by atoms with van der Waals surface area (Å²) < 4.78 is 0. The molecule has 1 aliphatic rings. The molecule has 1 aromatic carbocycles. The summed E-state index contributed by atoms with van der Waals surface area (Å²) in [5.74, 6) is -1.86. The standard InChI is InChI=1S/C12H10O4/c1-2-6-10(14)9-7(12(16)11(6)15)4-3-5-8(9)13/h3-5,13-14H,2H2,1H3. The van der Waals surface area contributed by atoms with E-state index in [0.29, 0.717) is 0 Å². The second-order valence-electron chi connectivity index (χ2n) is 3.54. The van der Waals surface area contributed by atoms with Gasteiger partial charge in [-0.05, 0) is 18.6 Å². The van der Waals surface area contributed by atoms with E-state index in [1.54, 1.807) is 6.92 Å². The molecule has 0 radical (unpaired) electrons. The van der Waals surface area contributed by atoms with Gasteiger partial charge in [0.25, 0.3) is 0 Å². The fraction of sp³-hybridized carbons (Fsp3) is 0.167. The van der Waals surface area contributed by atoms with Crippen LogP contribution in [0.5, 0.6) is 5.75 Å². The summed E-state index contributed by atoms with van der Waals surface area (Å²) in [5, 5.41) is 19.4. The molecule has 0 aromatic heterocycles. The molecule has 1 aliphatic carbocycles. The summed E-state index contributed by atoms with van der Waals surface area (Å²) >= 11 is 0. The Balaban J connectivity index is 2.81. The van der Waals surface area contributed by atoms with Crippen molar-refractivity contribution in [3.8, 4) is 5.75 Å². The summed E-state index contributed by atoms with van der Waals surface area (Å²) in [6, 6.07) is 4.24. The Morgan fingerprint density at radius 3 is 2.44 bits per heavy atom. The molecular weight excluding hydrogens is 208 g/mol. The van der Waals surface area contributed by atoms with Crippen molar-refractivity contribution < 1.29 is 19.8 Å². The molecule has 82 valence electrons. The van der Waals surface area contributed by atoms with Crippen LogP contribution in [0.3, 0.4) is 0 Å². The van der Waals surface area contributed by atoms with Crippen LogP contribution in [0.4, 0.5) is 0 Å². The lowest BCUT2D eigenvalue weighted by atomic mass is 9.87. The van der Waals surface area contributed by atoms with Gasteiger partial charge in [-0.25, -0.2) is 0 Å². The van der Waals surface area contributed by atoms with Crippen LogP contribution in [0, 0.1) is 0 Å². The van der Waals surface area contributed by atoms with Gasteiger partial charge in [-0.15, -0.1) is 0 Å². The van der Waals surface area contributed by atoms with Crippen LogP contribution in [-0.4, -0.2) is 21.8 Å². The summed E-state index contributed by atoms with van der Waals surface area (Å²) in [5.41, 5.74) is 0.169. The van der Waals surface area contributed by atoms with Crippen molar-refractivity contribution in [1.29, 1.82) is 0 Å². The first-order valence-electron chi connectivity index (χ1n) is 4.91. The summed E-state index contributed by atoms with van der Waals surface area (Å²) in [4.78, 5) is 23.3. The molecule has 4 heteroatoms. The van der Waals surface area contributed by atoms with Crippen LogP contribution >= 0.6 is 0 Å². The van der Waals surface area contributed by atoms with Gasteiger partial charge in [0.15, 0.2) is 0 Å². The maximum absolute atomic E-state index is 11.7. The highest BCUT2D eigenvalue weighted by atomic mass is 16.3. The molecule has 0 spiro atoms. The number of rotatable bonds is 1. The van der Waals surface area contributed by atoms with E-state index >= 15 is 0 Å². The van der Waals surface area contributed by atoms with Gasteiger partial charge in [0, 0.05) is 11.1 Å². The van der Waals surface area contributed by atoms with E-state index in [1.165, 1.54) is 18.2 Å². The predicted molar refractivity (Wildman–Crippen MR) is 57.3 cm³/mol. The zero-order chi connectivity index (χ0) is 11.9. The number of hydrogen-bond donors (Lipinski definition) is 2.